The fourth-order valence-electron chi connectivity index (χ4n) is 0.933. The third-order valence-corrected chi connectivity index (χ3v) is 1.44. The highest BCUT2D eigenvalue weighted by Gasteiger charge is 2.22. The predicted molar refractivity (Wildman–Crippen MR) is 40.6 cm³/mol. The van der Waals surface area contributed by atoms with Gasteiger partial charge in [-0.15, -0.1) is 4.99 Å². The second kappa shape index (κ2) is 3.89. The molecule has 0 saturated heterocycles. The van der Waals surface area contributed by atoms with Gasteiger partial charge in [-0.1, -0.05) is 0 Å². The van der Waals surface area contributed by atoms with Gasteiger partial charge in [0.05, 0.1) is 5.56 Å². The summed E-state index contributed by atoms with van der Waals surface area (Å²) in [7, 11) is 1.38. The van der Waals surface area contributed by atoms with Crippen LogP contribution in [0.4, 0.5) is 8.78 Å². The van der Waals surface area contributed by atoms with Gasteiger partial charge in [-0.2, -0.15) is 5.10 Å². The molecule has 0 N–H and O–H groups in total. The van der Waals surface area contributed by atoms with Crippen LogP contribution in [0.1, 0.15) is 22.5 Å². The van der Waals surface area contributed by atoms with Crippen molar-refractivity contribution in [1.29, 1.82) is 0 Å². The van der Waals surface area contributed by atoms with Crippen molar-refractivity contribution in [1.82, 2.24) is 9.78 Å². The number of rotatable bonds is 2. The quantitative estimate of drug-likeness (QED) is 0.525. The van der Waals surface area contributed by atoms with Crippen molar-refractivity contribution in [3.63, 3.8) is 0 Å². The first-order chi connectivity index (χ1) is 6.56. The second-order valence-corrected chi connectivity index (χ2v) is 2.41. The fourth-order valence-corrected chi connectivity index (χ4v) is 0.933. The molecule has 0 aliphatic carbocycles. The number of carbonyl (C=O) groups is 1. The van der Waals surface area contributed by atoms with Gasteiger partial charge in [-0.05, 0) is 0 Å². The maximum Gasteiger partial charge on any atom is 0.291 e. The lowest BCUT2D eigenvalue weighted by atomic mass is 10.2. The lowest BCUT2D eigenvalue weighted by Crippen LogP contribution is -1.98. The van der Waals surface area contributed by atoms with E-state index in [2.05, 4.69) is 10.1 Å². The number of aromatic nitrogens is 2. The van der Waals surface area contributed by atoms with Crippen LogP contribution < -0.4 is 0 Å². The van der Waals surface area contributed by atoms with Crippen LogP contribution >= 0.6 is 0 Å². The SMILES string of the molecule is Cn1cc(C(=O)N=C=O)c(C(F)F)n1. The molecule has 0 radical (unpaired) electrons. The van der Waals surface area contributed by atoms with E-state index in [-0.39, 0.29) is 5.56 Å². The average molecular weight is 201 g/mol. The van der Waals surface area contributed by atoms with E-state index in [0.29, 0.717) is 0 Å². The molecular weight excluding hydrogens is 196 g/mol. The van der Waals surface area contributed by atoms with Gasteiger partial charge in [0.25, 0.3) is 12.3 Å². The molecule has 0 spiro atoms. The zero-order valence-corrected chi connectivity index (χ0v) is 7.07. The van der Waals surface area contributed by atoms with Crippen LogP contribution in [0, 0.1) is 0 Å². The molecule has 1 amide bonds. The smallest absolute Gasteiger partial charge is 0.275 e. The molecule has 0 fully saturated rings. The first kappa shape index (κ1) is 10.2. The number of hydrogen-bond acceptors (Lipinski definition) is 3. The molecule has 7 heteroatoms. The molecule has 0 unspecified atom stereocenters. The van der Waals surface area contributed by atoms with Crippen LogP contribution in [0.2, 0.25) is 0 Å². The summed E-state index contributed by atoms with van der Waals surface area (Å²) in [5.41, 5.74) is -1.07. The van der Waals surface area contributed by atoms with Gasteiger partial charge in [0.15, 0.2) is 0 Å². The highest BCUT2D eigenvalue weighted by molar-refractivity contribution is 5.98. The Morgan fingerprint density at radius 2 is 2.36 bits per heavy atom. The van der Waals surface area contributed by atoms with Crippen LogP contribution in [0.25, 0.3) is 0 Å². The van der Waals surface area contributed by atoms with Crippen molar-refractivity contribution >= 4 is 12.0 Å². The highest BCUT2D eigenvalue weighted by atomic mass is 19.3. The lowest BCUT2D eigenvalue weighted by molar-refractivity contribution is 0.0987. The first-order valence-corrected chi connectivity index (χ1v) is 3.50. The summed E-state index contributed by atoms with van der Waals surface area (Å²) in [4.78, 5) is 23.4. The van der Waals surface area contributed by atoms with Crippen LogP contribution in [0.5, 0.6) is 0 Å². The van der Waals surface area contributed by atoms with Gasteiger partial charge in [-0.3, -0.25) is 9.48 Å². The molecule has 0 bridgehead atoms. The lowest BCUT2D eigenvalue weighted by Gasteiger charge is -1.93. The zero-order valence-electron chi connectivity index (χ0n) is 7.07. The summed E-state index contributed by atoms with van der Waals surface area (Å²) >= 11 is 0. The Morgan fingerprint density at radius 3 is 2.86 bits per heavy atom. The van der Waals surface area contributed by atoms with Gasteiger partial charge in [0, 0.05) is 13.2 Å². The topological polar surface area (TPSA) is 64.3 Å². The molecule has 0 aliphatic rings. The third-order valence-electron chi connectivity index (χ3n) is 1.44. The molecule has 14 heavy (non-hydrogen) atoms. The Balaban J connectivity index is 3.19. The van der Waals surface area contributed by atoms with E-state index in [1.165, 1.54) is 7.05 Å². The molecule has 0 saturated carbocycles. The standard InChI is InChI=1S/C7H5F2N3O2/c1-12-2-4(7(14)10-3-13)5(11-12)6(8)9/h2,6H,1H3. The number of nitrogens with zero attached hydrogens (tertiary/aromatic N) is 3. The zero-order chi connectivity index (χ0) is 10.7. The van der Waals surface area contributed by atoms with E-state index in [1.54, 1.807) is 0 Å². The number of hydrogen-bond donors (Lipinski definition) is 0. The van der Waals surface area contributed by atoms with E-state index in [4.69, 9.17) is 0 Å². The van der Waals surface area contributed by atoms with Crippen LogP contribution in [0.15, 0.2) is 11.2 Å². The molecule has 1 rings (SSSR count). The van der Waals surface area contributed by atoms with Crippen LogP contribution in [-0.2, 0) is 11.8 Å². The first-order valence-electron chi connectivity index (χ1n) is 3.50. The normalized spacial score (nSPS) is 10.0. The summed E-state index contributed by atoms with van der Waals surface area (Å²) in [5, 5.41) is 3.37. The maximum atomic E-state index is 12.3. The van der Waals surface area contributed by atoms with Crippen molar-refractivity contribution in [2.45, 2.75) is 6.43 Å². The largest absolute Gasteiger partial charge is 0.291 e. The highest BCUT2D eigenvalue weighted by Crippen LogP contribution is 2.21. The molecule has 1 heterocycles. The Morgan fingerprint density at radius 1 is 1.71 bits per heavy atom. The number of alkyl halides is 2. The van der Waals surface area contributed by atoms with E-state index >= 15 is 0 Å². The van der Waals surface area contributed by atoms with Gasteiger partial charge >= 0.3 is 0 Å². The molecule has 5 nitrogen and oxygen atoms in total. The minimum atomic E-state index is -2.88. The Kier molecular flexibility index (Phi) is 2.83. The molecular formula is C7H5F2N3O2. The average Bonchev–Trinajstić information content (AvgIpc) is 2.48. The number of aliphatic imine (C=N–C) groups is 1. The molecule has 74 valence electrons. The second-order valence-electron chi connectivity index (χ2n) is 2.41. The molecule has 0 atom stereocenters. The Labute approximate surface area is 77.0 Å². The maximum absolute atomic E-state index is 12.3. The number of isocyanates is 1. The van der Waals surface area contributed by atoms with Gasteiger partial charge in [0.1, 0.15) is 5.69 Å². The molecule has 1 aromatic rings. The summed E-state index contributed by atoms with van der Waals surface area (Å²) in [6.07, 6.45) is -0.819. The molecule has 1 aromatic heterocycles. The van der Waals surface area contributed by atoms with Crippen LogP contribution in [0.3, 0.4) is 0 Å². The minimum absolute atomic E-state index is 0.383. The van der Waals surface area contributed by atoms with E-state index < -0.39 is 18.0 Å². The van der Waals surface area contributed by atoms with Crippen molar-refractivity contribution in [3.8, 4) is 0 Å². The fraction of sp³-hybridized carbons (Fsp3) is 0.286. The summed E-state index contributed by atoms with van der Waals surface area (Å²) in [5.74, 6) is -1.07. The van der Waals surface area contributed by atoms with Crippen molar-refractivity contribution in [2.75, 3.05) is 0 Å². The van der Waals surface area contributed by atoms with Gasteiger partial charge in [0.2, 0.25) is 6.08 Å². The van der Waals surface area contributed by atoms with Crippen molar-refractivity contribution in [2.24, 2.45) is 12.0 Å². The molecule has 0 aliphatic heterocycles. The van der Waals surface area contributed by atoms with Gasteiger partial charge in [-0.25, -0.2) is 13.6 Å². The Bertz CT molecular complexity index is 407. The summed E-state index contributed by atoms with van der Waals surface area (Å²) in [6, 6.07) is 0. The van der Waals surface area contributed by atoms with Crippen molar-refractivity contribution < 1.29 is 18.4 Å². The van der Waals surface area contributed by atoms with Gasteiger partial charge < -0.3 is 0 Å². The van der Waals surface area contributed by atoms with E-state index in [9.17, 15) is 18.4 Å². The third kappa shape index (κ3) is 1.89. The van der Waals surface area contributed by atoms with E-state index in [1.807, 2.05) is 0 Å². The number of amides is 1. The Hall–Kier alpha value is -1.88. The van der Waals surface area contributed by atoms with Crippen LogP contribution in [-0.4, -0.2) is 21.8 Å². The number of carbonyl (C=O) groups excluding carboxylic acids is 2. The minimum Gasteiger partial charge on any atom is -0.275 e. The molecule has 0 aromatic carbocycles. The van der Waals surface area contributed by atoms with E-state index in [0.717, 1.165) is 17.0 Å². The predicted octanol–water partition coefficient (Wildman–Crippen LogP) is 0.834. The number of aryl methyl sites for hydroxylation is 1. The number of halogens is 2. The summed E-state index contributed by atoms with van der Waals surface area (Å²) < 4.78 is 25.6. The monoisotopic (exact) mass is 201 g/mol. The summed E-state index contributed by atoms with van der Waals surface area (Å²) in [6.45, 7) is 0. The van der Waals surface area contributed by atoms with Crippen molar-refractivity contribution in [3.05, 3.63) is 17.5 Å².